The average molecular weight is 115 g/mol. The summed E-state index contributed by atoms with van der Waals surface area (Å²) < 4.78 is 0. The molecule has 1 heterocycles. The van der Waals surface area contributed by atoms with Crippen LogP contribution in [0.15, 0.2) is 10.3 Å². The van der Waals surface area contributed by atoms with Crippen LogP contribution in [0.25, 0.3) is 0 Å². The summed E-state index contributed by atoms with van der Waals surface area (Å²) in [5.41, 5.74) is 0. The second kappa shape index (κ2) is 1.77. The van der Waals surface area contributed by atoms with E-state index < -0.39 is 6.09 Å². The van der Waals surface area contributed by atoms with E-state index in [1.807, 2.05) is 0 Å². The number of carboxylic acid groups (broad SMARTS) is 1. The molecule has 0 fully saturated rings. The Labute approximate surface area is 45.6 Å². The van der Waals surface area contributed by atoms with Crippen molar-refractivity contribution in [2.45, 2.75) is 0 Å². The molecular weight excluding hydrogens is 110 g/mol. The lowest BCUT2D eigenvalue weighted by Crippen LogP contribution is -2.21. The van der Waals surface area contributed by atoms with Crippen molar-refractivity contribution in [3.63, 3.8) is 0 Å². The number of hydrogen-bond donors (Lipinski definition) is 1. The zero-order chi connectivity index (χ0) is 5.98. The molecule has 0 aromatic carbocycles. The third-order valence-corrected chi connectivity index (χ3v) is 0.804. The van der Waals surface area contributed by atoms with Crippen LogP contribution in [-0.4, -0.2) is 29.3 Å². The molecule has 5 heteroatoms. The van der Waals surface area contributed by atoms with Crippen molar-refractivity contribution in [2.75, 3.05) is 13.1 Å². The second-order valence-corrected chi connectivity index (χ2v) is 1.36. The summed E-state index contributed by atoms with van der Waals surface area (Å²) in [6.07, 6.45) is -1.04. The van der Waals surface area contributed by atoms with Gasteiger partial charge >= 0.3 is 6.09 Å². The summed E-state index contributed by atoms with van der Waals surface area (Å²) in [5.74, 6) is 0. The number of amides is 1. The molecule has 0 atom stereocenters. The van der Waals surface area contributed by atoms with Crippen LogP contribution in [0, 0.1) is 0 Å². The molecule has 0 aromatic rings. The standard InChI is InChI=1S/C3H5N3O2/c7-3(8)6-2-1-4-5-6/h1-2H2,(H,7,8). The lowest BCUT2D eigenvalue weighted by molar-refractivity contribution is 0.152. The van der Waals surface area contributed by atoms with Crippen molar-refractivity contribution < 1.29 is 9.90 Å². The zero-order valence-corrected chi connectivity index (χ0v) is 4.11. The topological polar surface area (TPSA) is 65.3 Å². The molecule has 0 unspecified atom stereocenters. The van der Waals surface area contributed by atoms with Gasteiger partial charge in [0.15, 0.2) is 0 Å². The Bertz CT molecular complexity index is 132. The Morgan fingerprint density at radius 2 is 2.50 bits per heavy atom. The fourth-order valence-electron chi connectivity index (χ4n) is 0.439. The first-order valence-electron chi connectivity index (χ1n) is 2.18. The first kappa shape index (κ1) is 5.02. The van der Waals surface area contributed by atoms with Crippen molar-refractivity contribution in [1.29, 1.82) is 0 Å². The molecule has 0 aromatic heterocycles. The van der Waals surface area contributed by atoms with Gasteiger partial charge in [0, 0.05) is 0 Å². The Balaban J connectivity index is 2.48. The third kappa shape index (κ3) is 0.749. The first-order chi connectivity index (χ1) is 3.80. The molecule has 1 aliphatic rings. The number of carbonyl (C=O) groups is 1. The summed E-state index contributed by atoms with van der Waals surface area (Å²) in [5, 5.41) is 15.8. The molecule has 0 bridgehead atoms. The van der Waals surface area contributed by atoms with Crippen molar-refractivity contribution in [3.8, 4) is 0 Å². The van der Waals surface area contributed by atoms with E-state index in [0.717, 1.165) is 5.01 Å². The van der Waals surface area contributed by atoms with Crippen LogP contribution in [0.3, 0.4) is 0 Å². The zero-order valence-electron chi connectivity index (χ0n) is 4.11. The highest BCUT2D eigenvalue weighted by molar-refractivity contribution is 5.64. The van der Waals surface area contributed by atoms with Crippen LogP contribution in [0.1, 0.15) is 0 Å². The minimum absolute atomic E-state index is 0.398. The molecule has 0 spiro atoms. The van der Waals surface area contributed by atoms with E-state index in [1.165, 1.54) is 0 Å². The van der Waals surface area contributed by atoms with Crippen molar-refractivity contribution in [1.82, 2.24) is 5.01 Å². The molecule has 1 aliphatic heterocycles. The maximum Gasteiger partial charge on any atom is 0.429 e. The molecular formula is C3H5N3O2. The number of hydrogen-bond acceptors (Lipinski definition) is 3. The molecule has 1 amide bonds. The molecule has 0 saturated heterocycles. The van der Waals surface area contributed by atoms with Gasteiger partial charge in [-0.1, -0.05) is 5.22 Å². The predicted octanol–water partition coefficient (Wildman–Crippen LogP) is 0.347. The van der Waals surface area contributed by atoms with E-state index in [2.05, 4.69) is 10.3 Å². The third-order valence-electron chi connectivity index (χ3n) is 0.804. The Kier molecular flexibility index (Phi) is 1.11. The minimum atomic E-state index is -1.04. The lowest BCUT2D eigenvalue weighted by atomic mass is 10.6. The number of nitrogens with zero attached hydrogens (tertiary/aromatic N) is 3. The Morgan fingerprint density at radius 3 is 2.75 bits per heavy atom. The van der Waals surface area contributed by atoms with E-state index in [1.54, 1.807) is 0 Å². The van der Waals surface area contributed by atoms with Gasteiger partial charge in [0.1, 0.15) is 0 Å². The molecule has 5 nitrogen and oxygen atoms in total. The Morgan fingerprint density at radius 1 is 1.75 bits per heavy atom. The molecule has 0 radical (unpaired) electrons. The SMILES string of the molecule is O=C(O)N1CCN=N1. The van der Waals surface area contributed by atoms with Gasteiger partial charge in [-0.3, -0.25) is 0 Å². The highest BCUT2D eigenvalue weighted by Gasteiger charge is 2.13. The molecule has 0 aliphatic carbocycles. The average Bonchev–Trinajstić information content (AvgIpc) is 2.12. The van der Waals surface area contributed by atoms with E-state index in [9.17, 15) is 4.79 Å². The van der Waals surface area contributed by atoms with E-state index in [4.69, 9.17) is 5.11 Å². The van der Waals surface area contributed by atoms with Crippen LogP contribution in [0.4, 0.5) is 4.79 Å². The van der Waals surface area contributed by atoms with Gasteiger partial charge in [0.25, 0.3) is 0 Å². The molecule has 1 N–H and O–H groups in total. The van der Waals surface area contributed by atoms with Gasteiger partial charge in [-0.15, -0.1) is 0 Å². The van der Waals surface area contributed by atoms with Crippen LogP contribution in [0.2, 0.25) is 0 Å². The van der Waals surface area contributed by atoms with Gasteiger partial charge in [-0.2, -0.15) is 10.1 Å². The predicted molar refractivity (Wildman–Crippen MR) is 24.5 cm³/mol. The molecule has 1 rings (SSSR count). The van der Waals surface area contributed by atoms with Gasteiger partial charge < -0.3 is 5.11 Å². The van der Waals surface area contributed by atoms with E-state index in [-0.39, 0.29) is 0 Å². The van der Waals surface area contributed by atoms with E-state index in [0.29, 0.717) is 13.1 Å². The van der Waals surface area contributed by atoms with Crippen LogP contribution in [0.5, 0.6) is 0 Å². The van der Waals surface area contributed by atoms with Gasteiger partial charge in [-0.05, 0) is 0 Å². The summed E-state index contributed by atoms with van der Waals surface area (Å²) in [7, 11) is 0. The van der Waals surface area contributed by atoms with Gasteiger partial charge in [-0.25, -0.2) is 4.79 Å². The fraction of sp³-hybridized carbons (Fsp3) is 0.667. The van der Waals surface area contributed by atoms with Gasteiger partial charge in [0.2, 0.25) is 0 Å². The minimum Gasteiger partial charge on any atom is -0.464 e. The molecule has 0 saturated carbocycles. The fourth-order valence-corrected chi connectivity index (χ4v) is 0.439. The van der Waals surface area contributed by atoms with E-state index >= 15 is 0 Å². The lowest BCUT2D eigenvalue weighted by Gasteiger charge is -2.00. The van der Waals surface area contributed by atoms with Gasteiger partial charge in [0.05, 0.1) is 13.1 Å². The maximum absolute atomic E-state index is 9.97. The smallest absolute Gasteiger partial charge is 0.429 e. The normalized spacial score (nSPS) is 17.2. The largest absolute Gasteiger partial charge is 0.464 e. The highest BCUT2D eigenvalue weighted by Crippen LogP contribution is 1.98. The first-order valence-corrected chi connectivity index (χ1v) is 2.18. The highest BCUT2D eigenvalue weighted by atomic mass is 16.4. The van der Waals surface area contributed by atoms with Crippen LogP contribution < -0.4 is 0 Å². The second-order valence-electron chi connectivity index (χ2n) is 1.36. The monoisotopic (exact) mass is 115 g/mol. The van der Waals surface area contributed by atoms with Crippen molar-refractivity contribution in [3.05, 3.63) is 0 Å². The van der Waals surface area contributed by atoms with Crippen LogP contribution >= 0.6 is 0 Å². The van der Waals surface area contributed by atoms with Crippen molar-refractivity contribution >= 4 is 6.09 Å². The molecule has 8 heavy (non-hydrogen) atoms. The quantitative estimate of drug-likeness (QED) is 0.495. The summed E-state index contributed by atoms with van der Waals surface area (Å²) >= 11 is 0. The van der Waals surface area contributed by atoms with Crippen molar-refractivity contribution in [2.24, 2.45) is 10.3 Å². The maximum atomic E-state index is 9.97. The summed E-state index contributed by atoms with van der Waals surface area (Å²) in [4.78, 5) is 9.97. The molecule has 44 valence electrons. The summed E-state index contributed by atoms with van der Waals surface area (Å²) in [6, 6.07) is 0. The summed E-state index contributed by atoms with van der Waals surface area (Å²) in [6.45, 7) is 0.891. The Hall–Kier alpha value is -1.13. The van der Waals surface area contributed by atoms with Crippen LogP contribution in [-0.2, 0) is 0 Å². The number of rotatable bonds is 0.